The second-order valence-corrected chi connectivity index (χ2v) is 4.23. The van der Waals surface area contributed by atoms with Crippen molar-refractivity contribution in [3.63, 3.8) is 0 Å². The fourth-order valence-electron chi connectivity index (χ4n) is 1.75. The van der Waals surface area contributed by atoms with E-state index in [0.29, 0.717) is 0 Å². The zero-order valence-electron chi connectivity index (χ0n) is 11.5. The highest BCUT2D eigenvalue weighted by Gasteiger charge is 2.01. The lowest BCUT2D eigenvalue weighted by Crippen LogP contribution is -1.99. The fourth-order valence-corrected chi connectivity index (χ4v) is 1.75. The molecule has 0 N–H and O–H groups in total. The molecule has 0 aliphatic carbocycles. The van der Waals surface area contributed by atoms with Crippen LogP contribution in [-0.4, -0.2) is 13.7 Å². The Hall–Kier alpha value is -1.44. The summed E-state index contributed by atoms with van der Waals surface area (Å²) >= 11 is 0. The van der Waals surface area contributed by atoms with Gasteiger partial charge in [0.05, 0.1) is 13.7 Å². The minimum atomic E-state index is 0.762. The van der Waals surface area contributed by atoms with E-state index in [9.17, 15) is 0 Å². The van der Waals surface area contributed by atoms with Crippen LogP contribution in [0.3, 0.4) is 0 Å². The molecule has 2 nitrogen and oxygen atoms in total. The van der Waals surface area contributed by atoms with E-state index in [4.69, 9.17) is 9.47 Å². The topological polar surface area (TPSA) is 18.5 Å². The Kier molecular flexibility index (Phi) is 7.78. The van der Waals surface area contributed by atoms with E-state index >= 15 is 0 Å². The minimum Gasteiger partial charge on any atom is -0.493 e. The first-order valence-corrected chi connectivity index (χ1v) is 6.79. The van der Waals surface area contributed by atoms with E-state index in [1.807, 2.05) is 24.3 Å². The summed E-state index contributed by atoms with van der Waals surface area (Å²) in [4.78, 5) is 0. The van der Waals surface area contributed by atoms with Gasteiger partial charge in [0.1, 0.15) is 0 Å². The van der Waals surface area contributed by atoms with Crippen molar-refractivity contribution < 1.29 is 9.47 Å². The van der Waals surface area contributed by atoms with Gasteiger partial charge in [-0.2, -0.15) is 0 Å². The number of para-hydroxylation sites is 2. The van der Waals surface area contributed by atoms with Gasteiger partial charge in [-0.15, -0.1) is 0 Å². The van der Waals surface area contributed by atoms with Crippen molar-refractivity contribution in [1.82, 2.24) is 0 Å². The molecular formula is C16H24O2. The molecule has 0 radical (unpaired) electrons. The van der Waals surface area contributed by atoms with Crippen LogP contribution in [0.2, 0.25) is 0 Å². The summed E-state index contributed by atoms with van der Waals surface area (Å²) in [6, 6.07) is 7.78. The van der Waals surface area contributed by atoms with Crippen LogP contribution in [-0.2, 0) is 0 Å². The molecule has 18 heavy (non-hydrogen) atoms. The van der Waals surface area contributed by atoms with Crippen LogP contribution >= 0.6 is 0 Å². The smallest absolute Gasteiger partial charge is 0.161 e. The first kappa shape index (κ1) is 14.6. The van der Waals surface area contributed by atoms with Crippen LogP contribution in [0, 0.1) is 0 Å². The molecule has 0 spiro atoms. The number of hydrogen-bond donors (Lipinski definition) is 0. The van der Waals surface area contributed by atoms with Gasteiger partial charge in [-0.3, -0.25) is 0 Å². The molecule has 0 aliphatic rings. The summed E-state index contributed by atoms with van der Waals surface area (Å²) in [5.41, 5.74) is 0. The van der Waals surface area contributed by atoms with E-state index in [2.05, 4.69) is 19.1 Å². The number of allylic oxidation sites excluding steroid dienone is 2. The molecular weight excluding hydrogens is 224 g/mol. The first-order chi connectivity index (χ1) is 8.88. The lowest BCUT2D eigenvalue weighted by molar-refractivity contribution is 0.285. The van der Waals surface area contributed by atoms with Gasteiger partial charge in [-0.1, -0.05) is 31.2 Å². The normalized spacial score (nSPS) is 10.8. The third-order valence-corrected chi connectivity index (χ3v) is 2.74. The Morgan fingerprint density at radius 1 is 1.00 bits per heavy atom. The molecule has 0 aliphatic heterocycles. The van der Waals surface area contributed by atoms with E-state index in [0.717, 1.165) is 30.9 Å². The molecule has 0 saturated heterocycles. The molecule has 0 bridgehead atoms. The van der Waals surface area contributed by atoms with Crippen LogP contribution in [0.5, 0.6) is 11.5 Å². The third kappa shape index (κ3) is 5.76. The molecule has 0 fully saturated rings. The highest BCUT2D eigenvalue weighted by atomic mass is 16.5. The van der Waals surface area contributed by atoms with Crippen molar-refractivity contribution in [1.29, 1.82) is 0 Å². The van der Waals surface area contributed by atoms with Gasteiger partial charge < -0.3 is 9.47 Å². The van der Waals surface area contributed by atoms with Crippen LogP contribution < -0.4 is 9.47 Å². The maximum atomic E-state index is 5.71. The molecule has 0 unspecified atom stereocenters. The van der Waals surface area contributed by atoms with Gasteiger partial charge in [0.15, 0.2) is 11.5 Å². The Morgan fingerprint density at radius 3 is 2.50 bits per heavy atom. The Bertz CT molecular complexity index is 345. The predicted molar refractivity (Wildman–Crippen MR) is 76.4 cm³/mol. The molecule has 0 atom stereocenters. The van der Waals surface area contributed by atoms with Crippen LogP contribution in [0.15, 0.2) is 36.4 Å². The number of benzene rings is 1. The first-order valence-electron chi connectivity index (χ1n) is 6.79. The summed E-state index contributed by atoms with van der Waals surface area (Å²) in [5, 5.41) is 0. The summed E-state index contributed by atoms with van der Waals surface area (Å²) < 4.78 is 10.9. The molecule has 1 rings (SSSR count). The van der Waals surface area contributed by atoms with Crippen LogP contribution in [0.25, 0.3) is 0 Å². The summed E-state index contributed by atoms with van der Waals surface area (Å²) in [6.07, 6.45) is 10.4. The van der Waals surface area contributed by atoms with Gasteiger partial charge in [0, 0.05) is 0 Å². The van der Waals surface area contributed by atoms with Gasteiger partial charge in [-0.05, 0) is 44.2 Å². The van der Waals surface area contributed by atoms with Gasteiger partial charge in [0.25, 0.3) is 0 Å². The van der Waals surface area contributed by atoms with E-state index < -0.39 is 0 Å². The molecule has 2 heteroatoms. The lowest BCUT2D eigenvalue weighted by Gasteiger charge is -2.09. The molecule has 0 saturated carbocycles. The molecule has 0 amide bonds. The SMILES string of the molecule is CCC=CCCCCCOc1ccccc1OC. The van der Waals surface area contributed by atoms with E-state index in [1.54, 1.807) is 7.11 Å². The van der Waals surface area contributed by atoms with Crippen LogP contribution in [0.4, 0.5) is 0 Å². The highest BCUT2D eigenvalue weighted by Crippen LogP contribution is 2.25. The van der Waals surface area contributed by atoms with E-state index in [-0.39, 0.29) is 0 Å². The highest BCUT2D eigenvalue weighted by molar-refractivity contribution is 5.39. The monoisotopic (exact) mass is 248 g/mol. The quantitative estimate of drug-likeness (QED) is 0.469. The second-order valence-electron chi connectivity index (χ2n) is 4.23. The fraction of sp³-hybridized carbons (Fsp3) is 0.500. The second kappa shape index (κ2) is 9.58. The zero-order chi connectivity index (χ0) is 13.1. The molecule has 0 aromatic heterocycles. The minimum absolute atomic E-state index is 0.762. The third-order valence-electron chi connectivity index (χ3n) is 2.74. The average Bonchev–Trinajstić information content (AvgIpc) is 2.42. The molecule has 1 aromatic carbocycles. The maximum Gasteiger partial charge on any atom is 0.161 e. The molecule has 1 aromatic rings. The van der Waals surface area contributed by atoms with Crippen molar-refractivity contribution in [3.05, 3.63) is 36.4 Å². The van der Waals surface area contributed by atoms with Crippen molar-refractivity contribution in [2.45, 2.75) is 39.0 Å². The van der Waals surface area contributed by atoms with Gasteiger partial charge in [-0.25, -0.2) is 0 Å². The predicted octanol–water partition coefficient (Wildman–Crippen LogP) is 4.60. The Labute approximate surface area is 111 Å². The summed E-state index contributed by atoms with van der Waals surface area (Å²) in [6.45, 7) is 2.93. The molecule has 0 heterocycles. The van der Waals surface area contributed by atoms with Gasteiger partial charge in [0.2, 0.25) is 0 Å². The summed E-state index contributed by atoms with van der Waals surface area (Å²) in [7, 11) is 1.67. The Morgan fingerprint density at radius 2 is 1.78 bits per heavy atom. The lowest BCUT2D eigenvalue weighted by atomic mass is 10.2. The molecule has 100 valence electrons. The standard InChI is InChI=1S/C16H24O2/c1-3-4-5-6-7-8-11-14-18-16-13-10-9-12-15(16)17-2/h4-5,9-10,12-13H,3,6-8,11,14H2,1-2H3. The number of rotatable bonds is 9. The van der Waals surface area contributed by atoms with Crippen molar-refractivity contribution >= 4 is 0 Å². The largest absolute Gasteiger partial charge is 0.493 e. The van der Waals surface area contributed by atoms with Gasteiger partial charge >= 0.3 is 0 Å². The zero-order valence-corrected chi connectivity index (χ0v) is 11.5. The maximum absolute atomic E-state index is 5.71. The Balaban J connectivity index is 2.12. The number of ether oxygens (including phenoxy) is 2. The summed E-state index contributed by atoms with van der Waals surface area (Å²) in [5.74, 6) is 1.65. The van der Waals surface area contributed by atoms with E-state index in [1.165, 1.54) is 19.3 Å². The van der Waals surface area contributed by atoms with Crippen molar-refractivity contribution in [2.75, 3.05) is 13.7 Å². The number of unbranched alkanes of at least 4 members (excludes halogenated alkanes) is 3. The van der Waals surface area contributed by atoms with Crippen molar-refractivity contribution in [2.24, 2.45) is 0 Å². The average molecular weight is 248 g/mol. The number of hydrogen-bond acceptors (Lipinski definition) is 2. The number of methoxy groups -OCH3 is 1. The van der Waals surface area contributed by atoms with Crippen molar-refractivity contribution in [3.8, 4) is 11.5 Å². The van der Waals surface area contributed by atoms with Crippen LogP contribution in [0.1, 0.15) is 39.0 Å².